The minimum absolute atomic E-state index is 0.0233. The summed E-state index contributed by atoms with van der Waals surface area (Å²) in [5.74, 6) is -0.661. The van der Waals surface area contributed by atoms with E-state index in [0.717, 1.165) is 0 Å². The monoisotopic (exact) mass is 262 g/mol. The Hall–Kier alpha value is -1.25. The molecule has 1 rings (SSSR count). The topological polar surface area (TPSA) is 133 Å². The number of carbonyl (C=O) groups is 1. The minimum atomic E-state index is -0.551. The number of amides is 1. The number of aromatic nitrogens is 2. The number of halogens is 1. The molecule has 1 heterocycles. The van der Waals surface area contributed by atoms with Crippen LogP contribution in [0.5, 0.6) is 0 Å². The van der Waals surface area contributed by atoms with Gasteiger partial charge in [-0.1, -0.05) is 11.6 Å². The van der Waals surface area contributed by atoms with Crippen LogP contribution in [0.4, 0.5) is 11.6 Å². The van der Waals surface area contributed by atoms with Crippen molar-refractivity contribution in [2.75, 3.05) is 17.7 Å². The fourth-order valence-electron chi connectivity index (χ4n) is 0.865. The molecule has 1 atom stereocenters. The molecule has 1 amide bonds. The Bertz CT molecular complexity index is 414. The van der Waals surface area contributed by atoms with Crippen LogP contribution in [0, 0.1) is 0 Å². The first kappa shape index (κ1) is 12.8. The van der Waals surface area contributed by atoms with Crippen LogP contribution in [-0.4, -0.2) is 27.6 Å². The maximum atomic E-state index is 11.6. The van der Waals surface area contributed by atoms with Crippen LogP contribution in [0.25, 0.3) is 0 Å². The van der Waals surface area contributed by atoms with E-state index in [4.69, 9.17) is 28.8 Å². The van der Waals surface area contributed by atoms with Crippen LogP contribution in [0.1, 0.15) is 10.5 Å². The highest BCUT2D eigenvalue weighted by Gasteiger charge is 2.17. The molecule has 1 unspecified atom stereocenters. The zero-order valence-corrected chi connectivity index (χ0v) is 9.97. The molecule has 16 heavy (non-hydrogen) atoms. The Labute approximate surface area is 101 Å². The molecular weight excluding hydrogens is 252 g/mol. The van der Waals surface area contributed by atoms with E-state index in [9.17, 15) is 4.79 Å². The number of hydrogen-bond acceptors (Lipinski definition) is 7. The van der Waals surface area contributed by atoms with E-state index < -0.39 is 11.4 Å². The summed E-state index contributed by atoms with van der Waals surface area (Å²) in [7, 11) is 0. The van der Waals surface area contributed by atoms with Gasteiger partial charge in [0.1, 0.15) is 5.50 Å². The quantitative estimate of drug-likeness (QED) is 0.546. The van der Waals surface area contributed by atoms with E-state index in [1.54, 1.807) is 6.26 Å². The highest BCUT2D eigenvalue weighted by atomic mass is 35.5. The average molecular weight is 263 g/mol. The molecule has 0 saturated heterocycles. The number of nitrogens with zero attached hydrogens (tertiary/aromatic N) is 2. The third-order valence-electron chi connectivity index (χ3n) is 1.65. The molecule has 0 aliphatic rings. The van der Waals surface area contributed by atoms with Gasteiger partial charge in [-0.25, -0.2) is 9.97 Å². The van der Waals surface area contributed by atoms with Gasteiger partial charge in [-0.05, 0) is 6.26 Å². The van der Waals surface area contributed by atoms with E-state index >= 15 is 0 Å². The first-order valence-electron chi connectivity index (χ1n) is 4.13. The van der Waals surface area contributed by atoms with Crippen molar-refractivity contribution in [2.45, 2.75) is 5.50 Å². The molecule has 0 bridgehead atoms. The Kier molecular flexibility index (Phi) is 4.16. The van der Waals surface area contributed by atoms with E-state index in [1.807, 2.05) is 0 Å². The third kappa shape index (κ3) is 2.87. The van der Waals surface area contributed by atoms with Gasteiger partial charge in [-0.3, -0.25) is 4.79 Å². The zero-order chi connectivity index (χ0) is 12.3. The minimum Gasteiger partial charge on any atom is -0.382 e. The van der Waals surface area contributed by atoms with Crippen LogP contribution >= 0.6 is 23.4 Å². The largest absolute Gasteiger partial charge is 0.382 e. The maximum absolute atomic E-state index is 11.6. The molecule has 0 radical (unpaired) electrons. The highest BCUT2D eigenvalue weighted by Crippen LogP contribution is 2.17. The number of nitrogens with one attached hydrogen (secondary N) is 1. The lowest BCUT2D eigenvalue weighted by molar-refractivity contribution is 0.0946. The Morgan fingerprint density at radius 1 is 1.44 bits per heavy atom. The standard InChI is InChI=1S/C7H11ClN6OS/c1-16-7(11)14-6(15)2-4(9)13-5(10)3(8)12-2/h7H,11H2,1H3,(H,14,15)(H4,9,10,13). The van der Waals surface area contributed by atoms with Gasteiger partial charge in [0.2, 0.25) is 0 Å². The highest BCUT2D eigenvalue weighted by molar-refractivity contribution is 7.99. The van der Waals surface area contributed by atoms with Gasteiger partial charge in [-0.15, -0.1) is 11.8 Å². The second kappa shape index (κ2) is 5.19. The van der Waals surface area contributed by atoms with E-state index in [-0.39, 0.29) is 22.5 Å². The molecule has 0 fully saturated rings. The lowest BCUT2D eigenvalue weighted by Gasteiger charge is -2.11. The molecule has 0 aromatic carbocycles. The zero-order valence-electron chi connectivity index (χ0n) is 8.40. The van der Waals surface area contributed by atoms with E-state index in [1.165, 1.54) is 11.8 Å². The van der Waals surface area contributed by atoms with Crippen molar-refractivity contribution in [1.82, 2.24) is 15.3 Å². The molecule has 88 valence electrons. The summed E-state index contributed by atoms with van der Waals surface area (Å²) in [5, 5.41) is 2.38. The van der Waals surface area contributed by atoms with Crippen molar-refractivity contribution in [3.05, 3.63) is 10.8 Å². The van der Waals surface area contributed by atoms with Gasteiger partial charge in [0.05, 0.1) is 0 Å². The van der Waals surface area contributed by atoms with Crippen molar-refractivity contribution in [3.8, 4) is 0 Å². The maximum Gasteiger partial charge on any atom is 0.275 e. The van der Waals surface area contributed by atoms with Crippen molar-refractivity contribution in [2.24, 2.45) is 5.73 Å². The molecule has 1 aromatic rings. The van der Waals surface area contributed by atoms with Crippen LogP contribution < -0.4 is 22.5 Å². The summed E-state index contributed by atoms with van der Waals surface area (Å²) in [6.07, 6.45) is 1.75. The number of carbonyl (C=O) groups excluding carboxylic acids is 1. The first-order valence-corrected chi connectivity index (χ1v) is 5.80. The number of hydrogen-bond donors (Lipinski definition) is 4. The number of nitrogens with two attached hydrogens (primary N) is 3. The molecule has 0 aliphatic heterocycles. The Morgan fingerprint density at radius 2 is 2.06 bits per heavy atom. The van der Waals surface area contributed by atoms with Gasteiger partial charge in [0, 0.05) is 0 Å². The van der Waals surface area contributed by atoms with Gasteiger partial charge in [0.15, 0.2) is 22.5 Å². The molecule has 7 N–H and O–H groups in total. The average Bonchev–Trinajstić information content (AvgIpc) is 2.23. The second-order valence-corrected chi connectivity index (χ2v) is 4.10. The number of anilines is 2. The molecule has 1 aromatic heterocycles. The first-order chi connectivity index (χ1) is 7.45. The van der Waals surface area contributed by atoms with E-state index in [0.29, 0.717) is 0 Å². The van der Waals surface area contributed by atoms with Crippen molar-refractivity contribution < 1.29 is 4.79 Å². The third-order valence-corrected chi connectivity index (χ3v) is 2.55. The van der Waals surface area contributed by atoms with Crippen molar-refractivity contribution in [3.63, 3.8) is 0 Å². The molecular formula is C7H11ClN6OS. The predicted octanol–water partition coefficient (Wildman–Crippen LogP) is -0.370. The summed E-state index contributed by atoms with van der Waals surface area (Å²) in [6, 6.07) is 0. The van der Waals surface area contributed by atoms with Gasteiger partial charge >= 0.3 is 0 Å². The summed E-state index contributed by atoms with van der Waals surface area (Å²) in [6.45, 7) is 0. The molecule has 0 saturated carbocycles. The number of thioether (sulfide) groups is 1. The molecule has 0 aliphatic carbocycles. The lowest BCUT2D eigenvalue weighted by Crippen LogP contribution is -2.39. The molecule has 0 spiro atoms. The number of rotatable bonds is 3. The Morgan fingerprint density at radius 3 is 2.62 bits per heavy atom. The normalized spacial score (nSPS) is 12.2. The fourth-order valence-corrected chi connectivity index (χ4v) is 1.22. The molecule has 7 nitrogen and oxygen atoms in total. The van der Waals surface area contributed by atoms with Crippen molar-refractivity contribution >= 4 is 40.9 Å². The summed E-state index contributed by atoms with van der Waals surface area (Å²) in [5.41, 5.74) is 15.7. The second-order valence-electron chi connectivity index (χ2n) is 2.76. The van der Waals surface area contributed by atoms with Gasteiger partial charge in [-0.2, -0.15) is 0 Å². The van der Waals surface area contributed by atoms with E-state index in [2.05, 4.69) is 15.3 Å². The summed E-state index contributed by atoms with van der Waals surface area (Å²) in [4.78, 5) is 19.0. The molecule has 9 heteroatoms. The predicted molar refractivity (Wildman–Crippen MR) is 64.8 cm³/mol. The van der Waals surface area contributed by atoms with Gasteiger partial charge in [0.25, 0.3) is 5.91 Å². The smallest absolute Gasteiger partial charge is 0.275 e. The lowest BCUT2D eigenvalue weighted by atomic mass is 10.4. The SMILES string of the molecule is CSC(N)NC(=O)c1nc(Cl)c(N)nc1N. The van der Waals surface area contributed by atoms with Crippen LogP contribution in [0.15, 0.2) is 0 Å². The Balaban J connectivity index is 2.96. The fraction of sp³-hybridized carbons (Fsp3) is 0.286. The van der Waals surface area contributed by atoms with Gasteiger partial charge < -0.3 is 22.5 Å². The van der Waals surface area contributed by atoms with Crippen LogP contribution in [0.3, 0.4) is 0 Å². The van der Waals surface area contributed by atoms with Crippen LogP contribution in [0.2, 0.25) is 5.15 Å². The number of nitrogen functional groups attached to an aromatic ring is 2. The summed E-state index contributed by atoms with van der Waals surface area (Å²) >= 11 is 6.89. The van der Waals surface area contributed by atoms with Crippen molar-refractivity contribution in [1.29, 1.82) is 0 Å². The van der Waals surface area contributed by atoms with Crippen LogP contribution in [-0.2, 0) is 0 Å². The summed E-state index contributed by atoms with van der Waals surface area (Å²) < 4.78 is 0.